The summed E-state index contributed by atoms with van der Waals surface area (Å²) in [5.41, 5.74) is 7.61. The van der Waals surface area contributed by atoms with Gasteiger partial charge in [0.25, 0.3) is 0 Å². The summed E-state index contributed by atoms with van der Waals surface area (Å²) in [6, 6.07) is 33.9. The molecule has 300 valence electrons. The number of quaternary nitrogens is 1. The molecule has 0 radical (unpaired) electrons. The van der Waals surface area contributed by atoms with Crippen molar-refractivity contribution < 1.29 is 19.1 Å². The van der Waals surface area contributed by atoms with Crippen LogP contribution in [-0.2, 0) is 17.4 Å². The lowest BCUT2D eigenvalue weighted by Gasteiger charge is -2.59. The molecule has 8 heteroatoms. The molecule has 2 bridgehead atoms. The standard InChI is InChI=1S/C50H55ClN4O3/c1-8-33-31-55(30-32-25-37(49(2,3)4)28-38(26-32)50(5,6)7)24-22-36(33)27-43(55)45(40-21-23-54(57)42-20-19-39(56)29-41(40)42)58-48-44(34-15-11-9-12-16-34)46(51)52-47(53-48)35-17-13-10-14-18-35/h9-21,23,25-26,28-29,33,36,43,45H,8,22,24,27,30-31H2,1-7H3/p+1/t33-,36+,43?,45?,55?/m1/s1. The number of hydrogen-bond acceptors (Lipinski definition) is 5. The zero-order chi connectivity index (χ0) is 41.0. The van der Waals surface area contributed by atoms with Crippen LogP contribution in [0.5, 0.6) is 11.6 Å². The van der Waals surface area contributed by atoms with E-state index in [1.54, 1.807) is 24.4 Å². The van der Waals surface area contributed by atoms with Crippen molar-refractivity contribution in [3.05, 3.63) is 142 Å². The van der Waals surface area contributed by atoms with E-state index in [9.17, 15) is 10.3 Å². The predicted molar refractivity (Wildman–Crippen MR) is 234 cm³/mol. The minimum atomic E-state index is -0.559. The number of aromatic hydroxyl groups is 1. The van der Waals surface area contributed by atoms with Gasteiger partial charge in [-0.1, -0.05) is 127 Å². The van der Waals surface area contributed by atoms with E-state index in [0.29, 0.717) is 45.2 Å². The van der Waals surface area contributed by atoms with E-state index in [2.05, 4.69) is 66.7 Å². The van der Waals surface area contributed by atoms with Gasteiger partial charge in [0.2, 0.25) is 11.4 Å². The first-order valence-electron chi connectivity index (χ1n) is 20.8. The maximum atomic E-state index is 13.4. The Labute approximate surface area is 348 Å². The van der Waals surface area contributed by atoms with Gasteiger partial charge in [-0.15, -0.1) is 0 Å². The average Bonchev–Trinajstić information content (AvgIpc) is 3.20. The van der Waals surface area contributed by atoms with Crippen molar-refractivity contribution in [1.29, 1.82) is 0 Å². The van der Waals surface area contributed by atoms with Gasteiger partial charge in [-0.3, -0.25) is 0 Å². The van der Waals surface area contributed by atoms with Crippen LogP contribution >= 0.6 is 11.6 Å². The van der Waals surface area contributed by atoms with Gasteiger partial charge in [0.15, 0.2) is 18.1 Å². The summed E-state index contributed by atoms with van der Waals surface area (Å²) >= 11 is 7.20. The van der Waals surface area contributed by atoms with Crippen LogP contribution < -0.4 is 9.47 Å². The first-order chi connectivity index (χ1) is 27.6. The highest BCUT2D eigenvalue weighted by atomic mass is 35.5. The van der Waals surface area contributed by atoms with E-state index in [1.165, 1.54) is 16.7 Å². The molecule has 0 amide bonds. The van der Waals surface area contributed by atoms with Crippen LogP contribution in [0.15, 0.2) is 109 Å². The molecule has 4 aromatic carbocycles. The van der Waals surface area contributed by atoms with Gasteiger partial charge < -0.3 is 19.5 Å². The Kier molecular flexibility index (Phi) is 10.5. The second-order valence-corrected chi connectivity index (χ2v) is 19.2. The first kappa shape index (κ1) is 39.8. The fraction of sp³-hybridized carbons (Fsp3) is 0.380. The van der Waals surface area contributed by atoms with Gasteiger partial charge in [0.05, 0.1) is 24.0 Å². The van der Waals surface area contributed by atoms with Crippen LogP contribution in [0, 0.1) is 17.0 Å². The summed E-state index contributed by atoms with van der Waals surface area (Å²) in [5, 5.41) is 25.3. The predicted octanol–water partition coefficient (Wildman–Crippen LogP) is 11.5. The number of rotatable bonds is 9. The van der Waals surface area contributed by atoms with Crippen LogP contribution in [-0.4, -0.2) is 38.7 Å². The van der Waals surface area contributed by atoms with Crippen molar-refractivity contribution in [2.24, 2.45) is 11.8 Å². The Morgan fingerprint density at radius 2 is 1.52 bits per heavy atom. The van der Waals surface area contributed by atoms with Crippen molar-refractivity contribution >= 4 is 22.5 Å². The Morgan fingerprint density at radius 1 is 0.862 bits per heavy atom. The third-order valence-electron chi connectivity index (χ3n) is 12.9. The van der Waals surface area contributed by atoms with Crippen LogP contribution in [0.25, 0.3) is 33.4 Å². The maximum Gasteiger partial charge on any atom is 0.227 e. The van der Waals surface area contributed by atoms with E-state index in [4.69, 9.17) is 26.3 Å². The summed E-state index contributed by atoms with van der Waals surface area (Å²) < 4.78 is 9.27. The Balaban J connectivity index is 1.36. The molecule has 2 aromatic heterocycles. The van der Waals surface area contributed by atoms with Gasteiger partial charge >= 0.3 is 0 Å². The fourth-order valence-electron chi connectivity index (χ4n) is 9.70. The molecule has 5 atom stereocenters. The van der Waals surface area contributed by atoms with Crippen LogP contribution in [0.2, 0.25) is 5.15 Å². The van der Waals surface area contributed by atoms with Gasteiger partial charge in [-0.05, 0) is 64.1 Å². The zero-order valence-electron chi connectivity index (χ0n) is 34.9. The number of phenols is 1. The molecular formula is C50H56ClN4O3+. The molecule has 3 saturated heterocycles. The quantitative estimate of drug-likeness (QED) is 0.0682. The van der Waals surface area contributed by atoms with Gasteiger partial charge in [0, 0.05) is 47.6 Å². The molecule has 3 unspecified atom stereocenters. The number of ether oxygens (including phenoxy) is 1. The molecule has 3 aliphatic heterocycles. The van der Waals surface area contributed by atoms with Gasteiger partial charge in [-0.25, -0.2) is 4.98 Å². The molecular weight excluding hydrogens is 740 g/mol. The highest BCUT2D eigenvalue weighted by Crippen LogP contribution is 2.51. The number of piperidine rings is 3. The topological polar surface area (TPSA) is 82.2 Å². The van der Waals surface area contributed by atoms with Crippen molar-refractivity contribution in [2.45, 2.75) is 97.2 Å². The molecule has 5 heterocycles. The fourth-order valence-corrected chi connectivity index (χ4v) is 9.97. The van der Waals surface area contributed by atoms with Crippen molar-refractivity contribution in [2.75, 3.05) is 13.1 Å². The highest BCUT2D eigenvalue weighted by molar-refractivity contribution is 6.32. The molecule has 7 nitrogen and oxygen atoms in total. The largest absolute Gasteiger partial charge is 0.618 e. The molecule has 0 spiro atoms. The second-order valence-electron chi connectivity index (χ2n) is 18.8. The molecule has 9 rings (SSSR count). The Morgan fingerprint density at radius 3 is 2.16 bits per heavy atom. The third kappa shape index (κ3) is 7.67. The number of pyridine rings is 1. The van der Waals surface area contributed by atoms with Crippen LogP contribution in [0.3, 0.4) is 0 Å². The summed E-state index contributed by atoms with van der Waals surface area (Å²) in [6.07, 6.45) is 4.23. The van der Waals surface area contributed by atoms with Crippen molar-refractivity contribution in [3.8, 4) is 34.1 Å². The SMILES string of the molecule is CC[C@@H]1C[N+]2(Cc3cc(C(C)(C)C)cc(C(C)(C)C)c3)CC[C@H]1CC2C(Oc1nc(-c2ccccc2)nc(Cl)c1-c1ccccc1)c1cc[n+]([O-])c2ccc(O)cc12. The van der Waals surface area contributed by atoms with E-state index < -0.39 is 6.10 Å². The van der Waals surface area contributed by atoms with Crippen molar-refractivity contribution in [3.63, 3.8) is 0 Å². The number of fused-ring (bicyclic) bond motifs is 4. The number of hydrogen-bond donors (Lipinski definition) is 1. The molecule has 6 aromatic rings. The number of phenolic OH excluding ortho intramolecular Hbond substituents is 1. The lowest BCUT2D eigenvalue weighted by atomic mass is 9.70. The van der Waals surface area contributed by atoms with E-state index >= 15 is 0 Å². The minimum absolute atomic E-state index is 0.0106. The minimum Gasteiger partial charge on any atom is -0.618 e. The molecule has 0 aliphatic carbocycles. The van der Waals surface area contributed by atoms with Gasteiger partial charge in [0.1, 0.15) is 23.5 Å². The lowest BCUT2D eigenvalue weighted by molar-refractivity contribution is -0.985. The smallest absolute Gasteiger partial charge is 0.227 e. The monoisotopic (exact) mass is 795 g/mol. The summed E-state index contributed by atoms with van der Waals surface area (Å²) in [4.78, 5) is 10.0. The molecule has 1 N–H and O–H groups in total. The molecule has 0 saturated carbocycles. The Bertz CT molecular complexity index is 2410. The van der Waals surface area contributed by atoms with Gasteiger partial charge in [-0.2, -0.15) is 9.71 Å². The highest BCUT2D eigenvalue weighted by Gasteiger charge is 2.56. The maximum absolute atomic E-state index is 13.4. The molecule has 3 fully saturated rings. The van der Waals surface area contributed by atoms with E-state index in [0.717, 1.165) is 64.8 Å². The summed E-state index contributed by atoms with van der Waals surface area (Å²) in [7, 11) is 0. The summed E-state index contributed by atoms with van der Waals surface area (Å²) in [5.74, 6) is 2.06. The van der Waals surface area contributed by atoms with E-state index in [1.807, 2.05) is 66.7 Å². The number of aromatic nitrogens is 3. The number of halogens is 1. The molecule has 3 aliphatic rings. The number of benzene rings is 4. The van der Waals surface area contributed by atoms with Crippen LogP contribution in [0.1, 0.15) is 96.1 Å². The summed E-state index contributed by atoms with van der Waals surface area (Å²) in [6.45, 7) is 19.0. The Hall–Kier alpha value is -4.98. The normalized spacial score (nSPS) is 21.3. The van der Waals surface area contributed by atoms with Crippen LogP contribution in [0.4, 0.5) is 0 Å². The average molecular weight is 796 g/mol. The molecule has 58 heavy (non-hydrogen) atoms. The third-order valence-corrected chi connectivity index (χ3v) is 13.2. The van der Waals surface area contributed by atoms with Crippen molar-refractivity contribution in [1.82, 2.24) is 9.97 Å². The second kappa shape index (κ2) is 15.3. The number of nitrogens with zero attached hydrogens (tertiary/aromatic N) is 4. The first-order valence-corrected chi connectivity index (χ1v) is 21.2. The zero-order valence-corrected chi connectivity index (χ0v) is 35.6. The lowest BCUT2D eigenvalue weighted by Crippen LogP contribution is -2.68. The van der Waals surface area contributed by atoms with E-state index in [-0.39, 0.29) is 22.6 Å².